The first kappa shape index (κ1) is 35.5. The van der Waals surface area contributed by atoms with Crippen LogP contribution in [0, 0.1) is 46.8 Å². The number of aryl methyl sites for hydroxylation is 5. The van der Waals surface area contributed by atoms with E-state index in [2.05, 4.69) is 100 Å². The number of pyridine rings is 2. The third-order valence-electron chi connectivity index (χ3n) is 11.0. The summed E-state index contributed by atoms with van der Waals surface area (Å²) in [5.41, 5.74) is 11.8. The summed E-state index contributed by atoms with van der Waals surface area (Å²) in [7, 11) is 0. The molecule has 0 unspecified atom stereocenters. The Morgan fingerprint density at radius 1 is 0.571 bits per heavy atom. The first-order valence-corrected chi connectivity index (χ1v) is 18.2. The molecular formula is C48H33N3O4Pt. The van der Waals surface area contributed by atoms with Gasteiger partial charge in [-0.15, -0.1) is 59.3 Å². The largest absolute Gasteiger partial charge is 2.00 e. The summed E-state index contributed by atoms with van der Waals surface area (Å²) >= 11 is 0. The minimum absolute atomic E-state index is 0. The zero-order valence-electron chi connectivity index (χ0n) is 31.2. The number of anilines is 3. The van der Waals surface area contributed by atoms with Gasteiger partial charge in [0.15, 0.2) is 0 Å². The van der Waals surface area contributed by atoms with Crippen molar-refractivity contribution >= 4 is 60.8 Å². The van der Waals surface area contributed by atoms with Crippen LogP contribution >= 0.6 is 0 Å². The van der Waals surface area contributed by atoms with Gasteiger partial charge in [0.25, 0.3) is 11.3 Å². The van der Waals surface area contributed by atoms with Crippen LogP contribution in [-0.4, -0.2) is 9.97 Å². The van der Waals surface area contributed by atoms with Gasteiger partial charge in [-0.05, 0) is 104 Å². The number of nitrogens with zero attached hydrogens (tertiary/aromatic N) is 3. The second kappa shape index (κ2) is 13.0. The van der Waals surface area contributed by atoms with E-state index in [-0.39, 0.29) is 21.1 Å². The zero-order valence-corrected chi connectivity index (χ0v) is 33.5. The second-order valence-electron chi connectivity index (χ2n) is 14.7. The van der Waals surface area contributed by atoms with Gasteiger partial charge < -0.3 is 13.7 Å². The molecule has 0 bridgehead atoms. The molecule has 0 aliphatic carbocycles. The van der Waals surface area contributed by atoms with E-state index in [1.165, 1.54) is 5.56 Å². The van der Waals surface area contributed by atoms with Crippen molar-refractivity contribution in [3.63, 3.8) is 0 Å². The van der Waals surface area contributed by atoms with Gasteiger partial charge in [0.1, 0.15) is 16.6 Å². The molecule has 274 valence electrons. The molecule has 5 aromatic carbocycles. The van der Waals surface area contributed by atoms with Crippen molar-refractivity contribution in [2.45, 2.75) is 40.0 Å². The molecule has 1 aliphatic heterocycles. The summed E-state index contributed by atoms with van der Waals surface area (Å²) < 4.78 is 11.7. The molecule has 8 heteroatoms. The van der Waals surface area contributed by atoms with Crippen LogP contribution in [0.4, 0.5) is 17.1 Å². The summed E-state index contributed by atoms with van der Waals surface area (Å²) in [6, 6.07) is 42.3. The molecule has 0 saturated heterocycles. The molecule has 56 heavy (non-hydrogen) atoms. The zero-order chi connectivity index (χ0) is 37.7. The fourth-order valence-electron chi connectivity index (χ4n) is 8.76. The molecule has 0 spiro atoms. The van der Waals surface area contributed by atoms with E-state index in [1.54, 1.807) is 36.4 Å². The Morgan fingerprint density at radius 2 is 1.04 bits per heavy atom. The number of aromatic nitrogens is 2. The summed E-state index contributed by atoms with van der Waals surface area (Å²) in [6.45, 7) is 10.7. The van der Waals surface area contributed by atoms with E-state index < -0.39 is 16.7 Å². The molecule has 0 amide bonds. The van der Waals surface area contributed by atoms with Gasteiger partial charge in [0.2, 0.25) is 0 Å². The van der Waals surface area contributed by atoms with Crippen LogP contribution < -0.4 is 16.2 Å². The van der Waals surface area contributed by atoms with Crippen LogP contribution in [0.3, 0.4) is 0 Å². The number of hydrogen-bond donors (Lipinski definition) is 0. The Labute approximate surface area is 336 Å². The van der Waals surface area contributed by atoms with Crippen molar-refractivity contribution in [2.75, 3.05) is 4.90 Å². The molecule has 9 aromatic rings. The predicted octanol–water partition coefficient (Wildman–Crippen LogP) is 10.3. The standard InChI is InChI=1S/C48H33N3O4.Pt/c1-26-14-16-37-35(24-26)48(41-20-18-39-43(49-41)31-10-6-8-12-33(31)46(52)54-39,42-21-19-40-44(50-42)32-11-7-9-13-34(32)47(53)55-40)36-25-27(2)15-17-38(36)51(37)45-29(4)22-28(3)23-30(45)5;/h6-9,12-25H,1-5H3;/q-2;+2. The molecular weight excluding hydrogens is 878 g/mol. The maximum atomic E-state index is 13.1. The van der Waals surface area contributed by atoms with Crippen LogP contribution in [0.5, 0.6) is 0 Å². The van der Waals surface area contributed by atoms with Gasteiger partial charge in [-0.25, -0.2) is 0 Å². The van der Waals surface area contributed by atoms with E-state index in [1.807, 2.05) is 24.3 Å². The number of fused-ring (bicyclic) bond motifs is 8. The third kappa shape index (κ3) is 5.07. The fraction of sp³-hybridized carbons (Fsp3) is 0.125. The number of rotatable bonds is 3. The molecule has 1 aliphatic rings. The number of hydrogen-bond acceptors (Lipinski definition) is 7. The molecule has 10 rings (SSSR count). The smallest absolute Gasteiger partial charge is 0.438 e. The predicted molar refractivity (Wildman–Crippen MR) is 217 cm³/mol. The van der Waals surface area contributed by atoms with Crippen LogP contribution in [0.25, 0.3) is 43.7 Å². The molecule has 0 saturated carbocycles. The summed E-state index contributed by atoms with van der Waals surface area (Å²) in [6.07, 6.45) is 0. The SMILES string of the molecule is Cc1cc(C)c(N2c3ccc(C)cc3C(c3ccc4oc(=O)c5ccc[c-]c5c4n3)(c3ccc4oc(=O)c5ccc[c-]c5c4n3)c3cc(C)ccc32)c(C)c1.[Pt+2]. The second-order valence-corrected chi connectivity index (χ2v) is 14.7. The van der Waals surface area contributed by atoms with E-state index in [0.717, 1.165) is 50.4 Å². The third-order valence-corrected chi connectivity index (χ3v) is 11.0. The normalized spacial score (nSPS) is 13.2. The van der Waals surface area contributed by atoms with Gasteiger partial charge >= 0.3 is 21.1 Å². The first-order chi connectivity index (χ1) is 26.6. The Balaban J connectivity index is 0.00000410. The van der Waals surface area contributed by atoms with E-state index in [9.17, 15) is 9.59 Å². The van der Waals surface area contributed by atoms with E-state index in [0.29, 0.717) is 55.1 Å². The summed E-state index contributed by atoms with van der Waals surface area (Å²) in [5.74, 6) is 0. The van der Waals surface area contributed by atoms with Gasteiger partial charge in [-0.1, -0.05) is 53.1 Å². The van der Waals surface area contributed by atoms with E-state index >= 15 is 0 Å². The van der Waals surface area contributed by atoms with Crippen molar-refractivity contribution in [2.24, 2.45) is 0 Å². The van der Waals surface area contributed by atoms with Crippen molar-refractivity contribution in [3.8, 4) is 0 Å². The first-order valence-electron chi connectivity index (χ1n) is 18.2. The molecule has 0 radical (unpaired) electrons. The van der Waals surface area contributed by atoms with Gasteiger partial charge in [-0.3, -0.25) is 19.6 Å². The molecule has 0 fully saturated rings. The van der Waals surface area contributed by atoms with Crippen LogP contribution in [-0.2, 0) is 26.5 Å². The van der Waals surface area contributed by atoms with Crippen molar-refractivity contribution in [3.05, 3.63) is 192 Å². The Kier molecular flexibility index (Phi) is 8.22. The van der Waals surface area contributed by atoms with Crippen LogP contribution in [0.1, 0.15) is 50.3 Å². The molecule has 4 aromatic heterocycles. The van der Waals surface area contributed by atoms with Crippen molar-refractivity contribution in [1.29, 1.82) is 0 Å². The average molecular weight is 911 g/mol. The van der Waals surface area contributed by atoms with Gasteiger partial charge in [-0.2, -0.15) is 0 Å². The van der Waals surface area contributed by atoms with Gasteiger partial charge in [0.05, 0.1) is 28.5 Å². The van der Waals surface area contributed by atoms with Gasteiger partial charge in [0, 0.05) is 11.0 Å². The molecule has 5 heterocycles. The van der Waals surface area contributed by atoms with Crippen LogP contribution in [0.2, 0.25) is 0 Å². The monoisotopic (exact) mass is 910 g/mol. The van der Waals surface area contributed by atoms with Crippen molar-refractivity contribution < 1.29 is 29.9 Å². The maximum Gasteiger partial charge on any atom is 2.00 e. The average Bonchev–Trinajstić information content (AvgIpc) is 3.17. The summed E-state index contributed by atoms with van der Waals surface area (Å²) in [4.78, 5) is 39.5. The minimum Gasteiger partial charge on any atom is -0.438 e. The molecule has 0 N–H and O–H groups in total. The van der Waals surface area contributed by atoms with Crippen molar-refractivity contribution in [1.82, 2.24) is 9.97 Å². The fourth-order valence-corrected chi connectivity index (χ4v) is 8.76. The Morgan fingerprint density at radius 3 is 1.50 bits per heavy atom. The number of benzene rings is 5. The summed E-state index contributed by atoms with van der Waals surface area (Å²) in [5, 5.41) is 1.97. The maximum absolute atomic E-state index is 13.1. The minimum atomic E-state index is -1.12. The quantitative estimate of drug-likeness (QED) is 0.129. The molecule has 0 atom stereocenters. The van der Waals surface area contributed by atoms with Crippen LogP contribution in [0.15, 0.2) is 128 Å². The topological polar surface area (TPSA) is 89.4 Å². The van der Waals surface area contributed by atoms with E-state index in [4.69, 9.17) is 18.8 Å². The molecule has 7 nitrogen and oxygen atoms in total. The Bertz CT molecular complexity index is 3030. The Hall–Kier alpha value is -6.17.